The van der Waals surface area contributed by atoms with Gasteiger partial charge >= 0.3 is 0 Å². The fourth-order valence-electron chi connectivity index (χ4n) is 1.60. The highest BCUT2D eigenvalue weighted by atomic mass is 35.5. The number of hydrogen-bond acceptors (Lipinski definition) is 3. The summed E-state index contributed by atoms with van der Waals surface area (Å²) in [6.45, 7) is 0. The van der Waals surface area contributed by atoms with E-state index in [9.17, 15) is 9.90 Å². The number of thioether (sulfide) groups is 1. The van der Waals surface area contributed by atoms with E-state index in [2.05, 4.69) is 5.32 Å². The molecule has 92 valence electrons. The number of rotatable bonds is 2. The van der Waals surface area contributed by atoms with Crippen LogP contribution in [0.5, 0.6) is 0 Å². The zero-order valence-corrected chi connectivity index (χ0v) is 11.1. The Balaban J connectivity index is 2.09. The molecule has 1 fully saturated rings. The highest BCUT2D eigenvalue weighted by Crippen LogP contribution is 2.22. The Hall–Kier alpha value is -0.420. The van der Waals surface area contributed by atoms with Crippen LogP contribution in [0.4, 0.5) is 0 Å². The molecular formula is C11H11Cl2NO2S. The van der Waals surface area contributed by atoms with E-state index >= 15 is 0 Å². The fraction of sp³-hybridized carbons (Fsp3) is 0.364. The quantitative estimate of drug-likeness (QED) is 0.878. The van der Waals surface area contributed by atoms with Crippen LogP contribution in [0.2, 0.25) is 10.0 Å². The summed E-state index contributed by atoms with van der Waals surface area (Å²) in [5.41, 5.74) is 0.375. The molecule has 2 N–H and O–H groups in total. The number of carbonyl (C=O) groups is 1. The molecule has 3 nitrogen and oxygen atoms in total. The van der Waals surface area contributed by atoms with Gasteiger partial charge in [0.1, 0.15) is 0 Å². The highest BCUT2D eigenvalue weighted by molar-refractivity contribution is 7.99. The monoisotopic (exact) mass is 291 g/mol. The van der Waals surface area contributed by atoms with E-state index in [-0.39, 0.29) is 11.9 Å². The second kappa shape index (κ2) is 5.48. The summed E-state index contributed by atoms with van der Waals surface area (Å²) in [4.78, 5) is 11.9. The number of aliphatic hydroxyl groups excluding tert-OH is 1. The van der Waals surface area contributed by atoms with Crippen molar-refractivity contribution in [3.63, 3.8) is 0 Å². The van der Waals surface area contributed by atoms with Gasteiger partial charge in [-0.05, 0) is 18.2 Å². The first-order chi connectivity index (χ1) is 8.08. The summed E-state index contributed by atoms with van der Waals surface area (Å²) in [5, 5.41) is 13.2. The molecule has 1 heterocycles. The van der Waals surface area contributed by atoms with E-state index in [1.807, 2.05) is 0 Å². The summed E-state index contributed by atoms with van der Waals surface area (Å²) < 4.78 is 0. The number of halogens is 2. The second-order valence-corrected chi connectivity index (χ2v) is 5.73. The average Bonchev–Trinajstić information content (AvgIpc) is 2.64. The van der Waals surface area contributed by atoms with Gasteiger partial charge in [-0.2, -0.15) is 11.8 Å². The predicted octanol–water partition coefficient (Wildman–Crippen LogP) is 2.20. The first kappa shape index (κ1) is 13.0. The number of nitrogens with one attached hydrogen (secondary N) is 1. The molecule has 1 aromatic rings. The lowest BCUT2D eigenvalue weighted by Gasteiger charge is -2.16. The van der Waals surface area contributed by atoms with Gasteiger partial charge in [0, 0.05) is 16.5 Å². The molecule has 1 amide bonds. The van der Waals surface area contributed by atoms with Crippen molar-refractivity contribution in [3.05, 3.63) is 33.8 Å². The predicted molar refractivity (Wildman–Crippen MR) is 71.0 cm³/mol. The van der Waals surface area contributed by atoms with Crippen molar-refractivity contribution in [2.75, 3.05) is 11.5 Å². The van der Waals surface area contributed by atoms with Gasteiger partial charge in [-0.15, -0.1) is 0 Å². The lowest BCUT2D eigenvalue weighted by Crippen LogP contribution is -2.42. The van der Waals surface area contributed by atoms with Crippen molar-refractivity contribution < 1.29 is 9.90 Å². The Labute approximate surface area is 113 Å². The Bertz CT molecular complexity index is 441. The maximum Gasteiger partial charge on any atom is 0.253 e. The van der Waals surface area contributed by atoms with Crippen LogP contribution in [-0.2, 0) is 0 Å². The van der Waals surface area contributed by atoms with Crippen molar-refractivity contribution in [1.82, 2.24) is 5.32 Å². The molecule has 0 bridgehead atoms. The van der Waals surface area contributed by atoms with E-state index in [0.29, 0.717) is 21.4 Å². The van der Waals surface area contributed by atoms with Crippen molar-refractivity contribution in [3.8, 4) is 0 Å². The lowest BCUT2D eigenvalue weighted by molar-refractivity contribution is 0.0889. The molecule has 0 radical (unpaired) electrons. The summed E-state index contributed by atoms with van der Waals surface area (Å²) in [6, 6.07) is 4.51. The van der Waals surface area contributed by atoms with Crippen LogP contribution in [0.15, 0.2) is 18.2 Å². The average molecular weight is 292 g/mol. The van der Waals surface area contributed by atoms with E-state index in [1.165, 1.54) is 6.07 Å². The van der Waals surface area contributed by atoms with Crippen LogP contribution in [-0.4, -0.2) is 34.7 Å². The molecule has 6 heteroatoms. The molecule has 0 spiro atoms. The third-order valence-electron chi connectivity index (χ3n) is 2.54. The minimum atomic E-state index is -0.491. The zero-order chi connectivity index (χ0) is 12.4. The van der Waals surface area contributed by atoms with Crippen molar-refractivity contribution in [1.29, 1.82) is 0 Å². The van der Waals surface area contributed by atoms with Crippen LogP contribution >= 0.6 is 35.0 Å². The van der Waals surface area contributed by atoms with Gasteiger partial charge in [-0.25, -0.2) is 0 Å². The SMILES string of the molecule is O=C(NC1CSCC1O)c1ccc(Cl)cc1Cl. The normalized spacial score (nSPS) is 23.7. The van der Waals surface area contributed by atoms with Crippen molar-refractivity contribution in [2.24, 2.45) is 0 Å². The Morgan fingerprint density at radius 1 is 1.41 bits per heavy atom. The van der Waals surface area contributed by atoms with Crippen LogP contribution < -0.4 is 5.32 Å². The Morgan fingerprint density at radius 3 is 2.76 bits per heavy atom. The zero-order valence-electron chi connectivity index (χ0n) is 8.82. The van der Waals surface area contributed by atoms with Gasteiger partial charge in [0.2, 0.25) is 0 Å². The van der Waals surface area contributed by atoms with Gasteiger partial charge in [0.15, 0.2) is 0 Å². The summed E-state index contributed by atoms with van der Waals surface area (Å²) in [7, 11) is 0. The van der Waals surface area contributed by atoms with E-state index in [1.54, 1.807) is 23.9 Å². The molecule has 17 heavy (non-hydrogen) atoms. The number of aliphatic hydroxyl groups is 1. The summed E-state index contributed by atoms with van der Waals surface area (Å²) in [6.07, 6.45) is -0.491. The summed E-state index contributed by atoms with van der Waals surface area (Å²) in [5.74, 6) is 1.09. The standard InChI is InChI=1S/C11H11Cl2NO2S/c12-6-1-2-7(8(13)3-6)11(16)14-9-4-17-5-10(9)15/h1-3,9-10,15H,4-5H2,(H,14,16). The fourth-order valence-corrected chi connectivity index (χ4v) is 3.26. The number of carbonyl (C=O) groups excluding carboxylic acids is 1. The van der Waals surface area contributed by atoms with Crippen LogP contribution in [0.3, 0.4) is 0 Å². The summed E-state index contributed by atoms with van der Waals surface area (Å²) >= 11 is 13.3. The van der Waals surface area contributed by atoms with Crippen LogP contribution in [0, 0.1) is 0 Å². The lowest BCUT2D eigenvalue weighted by atomic mass is 10.1. The molecule has 2 atom stereocenters. The van der Waals surface area contributed by atoms with E-state index in [0.717, 1.165) is 5.75 Å². The van der Waals surface area contributed by atoms with E-state index < -0.39 is 6.10 Å². The number of hydrogen-bond donors (Lipinski definition) is 2. The van der Waals surface area contributed by atoms with Gasteiger partial charge in [-0.1, -0.05) is 23.2 Å². The van der Waals surface area contributed by atoms with Crippen LogP contribution in [0.25, 0.3) is 0 Å². The Morgan fingerprint density at radius 2 is 2.18 bits per heavy atom. The first-order valence-electron chi connectivity index (χ1n) is 5.09. The maximum atomic E-state index is 11.9. The molecule has 2 rings (SSSR count). The second-order valence-electron chi connectivity index (χ2n) is 3.81. The largest absolute Gasteiger partial charge is 0.390 e. The smallest absolute Gasteiger partial charge is 0.253 e. The van der Waals surface area contributed by atoms with Gasteiger partial charge in [-0.3, -0.25) is 4.79 Å². The molecule has 1 aromatic carbocycles. The van der Waals surface area contributed by atoms with Gasteiger partial charge in [0.05, 0.1) is 22.7 Å². The molecule has 1 aliphatic heterocycles. The molecular weight excluding hydrogens is 281 g/mol. The molecule has 0 aromatic heterocycles. The molecule has 1 aliphatic rings. The third-order valence-corrected chi connectivity index (χ3v) is 4.26. The minimum Gasteiger partial charge on any atom is -0.390 e. The number of benzene rings is 1. The highest BCUT2D eigenvalue weighted by Gasteiger charge is 2.27. The minimum absolute atomic E-state index is 0.209. The molecule has 2 unspecified atom stereocenters. The topological polar surface area (TPSA) is 49.3 Å². The van der Waals surface area contributed by atoms with Gasteiger partial charge in [0.25, 0.3) is 5.91 Å². The third kappa shape index (κ3) is 3.07. The van der Waals surface area contributed by atoms with Crippen molar-refractivity contribution in [2.45, 2.75) is 12.1 Å². The molecule has 1 saturated heterocycles. The van der Waals surface area contributed by atoms with Crippen LogP contribution in [0.1, 0.15) is 10.4 Å². The Kier molecular flexibility index (Phi) is 4.20. The number of amides is 1. The van der Waals surface area contributed by atoms with Gasteiger partial charge < -0.3 is 10.4 Å². The molecule has 0 aliphatic carbocycles. The van der Waals surface area contributed by atoms with Crippen molar-refractivity contribution >= 4 is 40.9 Å². The molecule has 0 saturated carbocycles. The van der Waals surface area contributed by atoms with E-state index in [4.69, 9.17) is 23.2 Å². The first-order valence-corrected chi connectivity index (χ1v) is 7.00. The maximum absolute atomic E-state index is 11.9.